The number of carbonyl (C=O) groups is 4. The number of hydrogen-bond donors (Lipinski definition) is 0. The van der Waals surface area contributed by atoms with Crippen LogP contribution >= 0.6 is 0 Å². The first kappa shape index (κ1) is 36.6. The lowest BCUT2D eigenvalue weighted by molar-refractivity contribution is -0.137. The SMILES string of the molecule is N#Cc1c2c(c(C#N)c3ccccc13)C1CC3=C4C=C1CC1=C2CC2C(=C1)CC1=C(CC5C(=O)C(=O)C6=C(C=C(C4)C(C6)C(=O)C3=O)CC5=C1)c1c2c(C#N)c2ccccc2c1C#N. The van der Waals surface area contributed by atoms with Crippen LogP contribution in [0.25, 0.3) is 32.7 Å². The molecule has 8 bridgehead atoms. The minimum atomic E-state index is -0.895. The van der Waals surface area contributed by atoms with Gasteiger partial charge in [-0.15, -0.1) is 0 Å². The summed E-state index contributed by atoms with van der Waals surface area (Å²) in [7, 11) is 0. The Hall–Kier alpha value is -8.04. The fourth-order valence-electron chi connectivity index (χ4n) is 13.1. The Morgan fingerprint density at radius 1 is 0.391 bits per heavy atom. The van der Waals surface area contributed by atoms with Crippen LogP contribution in [0.1, 0.15) is 108 Å². The number of nitrogens with zero attached hydrogens (tertiary/aromatic N) is 4. The number of fused-ring (bicyclic) bond motifs is 8. The number of allylic oxidation sites excluding steroid dienone is 16. The minimum absolute atomic E-state index is 0.0350. The fourth-order valence-corrected chi connectivity index (χ4v) is 13.1. The molecule has 0 radical (unpaired) electrons. The molecule has 4 aromatic rings. The van der Waals surface area contributed by atoms with Gasteiger partial charge in [0.25, 0.3) is 0 Å². The van der Waals surface area contributed by atoms with Gasteiger partial charge in [0, 0.05) is 55.7 Å². The molecule has 0 aliphatic heterocycles. The molecule has 9 aliphatic carbocycles. The van der Waals surface area contributed by atoms with Gasteiger partial charge in [-0.25, -0.2) is 0 Å². The first-order valence-corrected chi connectivity index (χ1v) is 21.9. The summed E-state index contributed by atoms with van der Waals surface area (Å²) in [6.07, 6.45) is 10.5. The highest BCUT2D eigenvalue weighted by Gasteiger charge is 2.48. The number of nitriles is 4. The van der Waals surface area contributed by atoms with Crippen molar-refractivity contribution in [3.05, 3.63) is 173 Å². The Balaban J connectivity index is 1.20. The van der Waals surface area contributed by atoms with Gasteiger partial charge < -0.3 is 0 Å². The third-order valence-electron chi connectivity index (χ3n) is 15.9. The summed E-state index contributed by atoms with van der Waals surface area (Å²) >= 11 is 0. The maximum Gasteiger partial charge on any atom is 0.225 e. The van der Waals surface area contributed by atoms with Crippen molar-refractivity contribution < 1.29 is 19.2 Å². The van der Waals surface area contributed by atoms with Gasteiger partial charge in [0.1, 0.15) is 24.3 Å². The summed E-state index contributed by atoms with van der Waals surface area (Å²) in [5, 5.41) is 47.5. The molecule has 0 amide bonds. The summed E-state index contributed by atoms with van der Waals surface area (Å²) in [6, 6.07) is 25.1. The smallest absolute Gasteiger partial charge is 0.225 e. The molecule has 300 valence electrons. The second-order valence-electron chi connectivity index (χ2n) is 18.6. The number of benzene rings is 4. The first-order valence-electron chi connectivity index (χ1n) is 21.9. The molecule has 0 fully saturated rings. The average Bonchev–Trinajstić information content (AvgIpc) is 3.62. The van der Waals surface area contributed by atoms with Crippen LogP contribution in [0.15, 0.2) is 129 Å². The van der Waals surface area contributed by atoms with Crippen LogP contribution in [-0.2, 0) is 19.2 Å². The van der Waals surface area contributed by atoms with E-state index in [-0.39, 0.29) is 24.8 Å². The van der Waals surface area contributed by atoms with E-state index in [1.165, 1.54) is 0 Å². The molecule has 8 heteroatoms. The molecule has 4 unspecified atom stereocenters. The zero-order valence-electron chi connectivity index (χ0n) is 34.3. The molecule has 0 spiro atoms. The molecule has 0 N–H and O–H groups in total. The molecule has 13 rings (SSSR count). The quantitative estimate of drug-likeness (QED) is 0.158. The highest BCUT2D eigenvalue weighted by molar-refractivity contribution is 6.47. The molecule has 0 heterocycles. The second-order valence-corrected chi connectivity index (χ2v) is 18.6. The van der Waals surface area contributed by atoms with E-state index >= 15 is 0 Å². The number of ketones is 4. The van der Waals surface area contributed by atoms with Gasteiger partial charge in [-0.1, -0.05) is 95.1 Å². The van der Waals surface area contributed by atoms with Crippen molar-refractivity contribution in [3.8, 4) is 24.3 Å². The lowest BCUT2D eigenvalue weighted by Crippen LogP contribution is -2.31. The molecule has 4 aromatic carbocycles. The van der Waals surface area contributed by atoms with Crippen LogP contribution in [0.5, 0.6) is 0 Å². The summed E-state index contributed by atoms with van der Waals surface area (Å²) in [6.45, 7) is 0. The lowest BCUT2D eigenvalue weighted by atomic mass is 9.71. The van der Waals surface area contributed by atoms with Crippen LogP contribution in [0.3, 0.4) is 0 Å². The third-order valence-corrected chi connectivity index (χ3v) is 15.9. The van der Waals surface area contributed by atoms with Crippen molar-refractivity contribution >= 4 is 55.8 Å². The van der Waals surface area contributed by atoms with Crippen molar-refractivity contribution in [2.75, 3.05) is 0 Å². The van der Waals surface area contributed by atoms with Crippen LogP contribution in [-0.4, -0.2) is 23.1 Å². The number of carbonyl (C=O) groups excluding carboxylic acids is 4. The molecule has 9 aliphatic rings. The second kappa shape index (κ2) is 12.8. The molecular weight excluding hydrogens is 793 g/mol. The van der Waals surface area contributed by atoms with Crippen molar-refractivity contribution in [2.45, 2.75) is 63.2 Å². The largest absolute Gasteiger partial charge is 0.290 e. The minimum Gasteiger partial charge on any atom is -0.290 e. The summed E-state index contributed by atoms with van der Waals surface area (Å²) < 4.78 is 0. The summed E-state index contributed by atoms with van der Waals surface area (Å²) in [5.41, 5.74) is 13.6. The third kappa shape index (κ3) is 4.57. The zero-order valence-corrected chi connectivity index (χ0v) is 34.3. The molecule has 0 saturated carbocycles. The van der Waals surface area contributed by atoms with Crippen molar-refractivity contribution in [2.24, 2.45) is 11.8 Å². The Morgan fingerprint density at radius 2 is 0.688 bits per heavy atom. The van der Waals surface area contributed by atoms with Gasteiger partial charge in [-0.3, -0.25) is 19.2 Å². The molecule has 0 saturated heterocycles. The van der Waals surface area contributed by atoms with Crippen LogP contribution < -0.4 is 0 Å². The molecule has 64 heavy (non-hydrogen) atoms. The van der Waals surface area contributed by atoms with Gasteiger partial charge in [0.15, 0.2) is 0 Å². The van der Waals surface area contributed by atoms with E-state index in [4.69, 9.17) is 0 Å². The predicted molar refractivity (Wildman–Crippen MR) is 236 cm³/mol. The molecule has 0 aromatic heterocycles. The average molecular weight is 825 g/mol. The summed E-state index contributed by atoms with van der Waals surface area (Å²) in [5.74, 6) is -5.09. The fraction of sp³-hybridized carbons (Fsp3) is 0.214. The molecule has 4 atom stereocenters. The van der Waals surface area contributed by atoms with Crippen LogP contribution in [0.2, 0.25) is 0 Å². The van der Waals surface area contributed by atoms with Crippen LogP contribution in [0.4, 0.5) is 0 Å². The van der Waals surface area contributed by atoms with E-state index in [0.29, 0.717) is 109 Å². The van der Waals surface area contributed by atoms with E-state index in [0.717, 1.165) is 50.2 Å². The lowest BCUT2D eigenvalue weighted by Gasteiger charge is -2.31. The van der Waals surface area contributed by atoms with Gasteiger partial charge in [0.2, 0.25) is 23.1 Å². The van der Waals surface area contributed by atoms with E-state index in [1.54, 1.807) is 0 Å². The summed E-state index contributed by atoms with van der Waals surface area (Å²) in [4.78, 5) is 58.4. The highest BCUT2D eigenvalue weighted by atomic mass is 16.2. The standard InChI is InChI=1S/C56H32N4O4/c57-21-45-33-5-1-3-7-35(33)47(23-59)51-39-18-41-29-12-27(39)10-25-9-26-11-28-13-30-15-32-16-31(14-29)43(55(63)53(41)61)20-44(32)56(64)54(62)42(30)19-40(28)52-48(24-60)36-8-4-2-6-34(36)46(22-58)50(52)38(26)17-37(25)49(45)51/h1-9,12-13,16,37,40-41,44H,10-11,14-15,17-20H2. The Morgan fingerprint density at radius 3 is 1.06 bits per heavy atom. The van der Waals surface area contributed by atoms with Gasteiger partial charge in [0.05, 0.1) is 34.1 Å². The number of hydrogen-bond acceptors (Lipinski definition) is 8. The maximum atomic E-state index is 14.7. The maximum absolute atomic E-state index is 14.7. The Kier molecular flexibility index (Phi) is 7.30. The Bertz CT molecular complexity index is 3640. The van der Waals surface area contributed by atoms with Gasteiger partial charge in [-0.05, 0) is 95.9 Å². The van der Waals surface area contributed by atoms with Gasteiger partial charge in [-0.2, -0.15) is 21.0 Å². The van der Waals surface area contributed by atoms with Gasteiger partial charge >= 0.3 is 0 Å². The first-order chi connectivity index (χ1) is 31.2. The highest BCUT2D eigenvalue weighted by Crippen LogP contribution is 2.60. The molecule has 8 nitrogen and oxygen atoms in total. The van der Waals surface area contributed by atoms with Crippen LogP contribution in [0, 0.1) is 57.2 Å². The topological polar surface area (TPSA) is 163 Å². The van der Waals surface area contributed by atoms with Crippen molar-refractivity contribution in [1.82, 2.24) is 0 Å². The number of Topliss-reactive ketones (excluding diaryl/α,β-unsaturated/α-hetero) is 4. The van der Waals surface area contributed by atoms with Crippen molar-refractivity contribution in [1.29, 1.82) is 21.0 Å². The van der Waals surface area contributed by atoms with E-state index in [2.05, 4.69) is 42.5 Å². The molecular formula is C56H32N4O4. The number of rotatable bonds is 0. The van der Waals surface area contributed by atoms with E-state index in [9.17, 15) is 40.2 Å². The van der Waals surface area contributed by atoms with E-state index < -0.39 is 46.8 Å². The predicted octanol–water partition coefficient (Wildman–Crippen LogP) is 9.91. The van der Waals surface area contributed by atoms with E-state index in [1.807, 2.05) is 54.6 Å². The monoisotopic (exact) mass is 824 g/mol. The Labute approximate surface area is 367 Å². The zero-order chi connectivity index (χ0) is 43.4. The normalized spacial score (nSPS) is 24.6. The van der Waals surface area contributed by atoms with Crippen molar-refractivity contribution in [3.63, 3.8) is 0 Å².